The maximum absolute atomic E-state index is 4.53. The standard InChI is InChI=1S/C17H25N3S/c1-6-20(7-2)17-19-11-15(21-17)10-18-16-13(4)8-12(3)9-14(16)5/h8-9,11,18H,6-7,10H2,1-5H3. The molecule has 1 aromatic carbocycles. The highest BCUT2D eigenvalue weighted by molar-refractivity contribution is 7.15. The van der Waals surface area contributed by atoms with Gasteiger partial charge in [0.25, 0.3) is 0 Å². The van der Waals surface area contributed by atoms with Crippen molar-refractivity contribution in [2.75, 3.05) is 23.3 Å². The summed E-state index contributed by atoms with van der Waals surface area (Å²) in [5, 5.41) is 4.68. The van der Waals surface area contributed by atoms with Crippen LogP contribution in [0.5, 0.6) is 0 Å². The van der Waals surface area contributed by atoms with Gasteiger partial charge in [-0.1, -0.05) is 17.7 Å². The summed E-state index contributed by atoms with van der Waals surface area (Å²) < 4.78 is 0. The number of hydrogen-bond donors (Lipinski definition) is 1. The number of thiazole rings is 1. The number of benzene rings is 1. The van der Waals surface area contributed by atoms with Crippen LogP contribution in [0, 0.1) is 20.8 Å². The Kier molecular flexibility index (Phi) is 5.23. The van der Waals surface area contributed by atoms with Gasteiger partial charge in [-0.3, -0.25) is 0 Å². The third-order valence-electron chi connectivity index (χ3n) is 3.69. The van der Waals surface area contributed by atoms with Crippen LogP contribution in [-0.4, -0.2) is 18.1 Å². The largest absolute Gasteiger partial charge is 0.380 e. The molecule has 1 heterocycles. The minimum Gasteiger partial charge on any atom is -0.380 e. The van der Waals surface area contributed by atoms with Crippen LogP contribution in [0.4, 0.5) is 10.8 Å². The number of rotatable bonds is 6. The molecule has 0 unspecified atom stereocenters. The van der Waals surface area contributed by atoms with Crippen molar-refractivity contribution >= 4 is 22.2 Å². The molecule has 0 atom stereocenters. The molecule has 0 amide bonds. The molecule has 114 valence electrons. The molecule has 0 saturated heterocycles. The third kappa shape index (κ3) is 3.76. The van der Waals surface area contributed by atoms with Gasteiger partial charge in [0.2, 0.25) is 0 Å². The Morgan fingerprint density at radius 3 is 2.29 bits per heavy atom. The van der Waals surface area contributed by atoms with Gasteiger partial charge < -0.3 is 10.2 Å². The van der Waals surface area contributed by atoms with Crippen molar-refractivity contribution in [2.45, 2.75) is 41.2 Å². The first kappa shape index (κ1) is 15.8. The van der Waals surface area contributed by atoms with E-state index < -0.39 is 0 Å². The minimum absolute atomic E-state index is 0.837. The van der Waals surface area contributed by atoms with E-state index in [1.165, 1.54) is 27.3 Å². The first-order valence-corrected chi connectivity index (χ1v) is 8.38. The molecular weight excluding hydrogens is 278 g/mol. The van der Waals surface area contributed by atoms with Crippen LogP contribution < -0.4 is 10.2 Å². The number of hydrogen-bond acceptors (Lipinski definition) is 4. The Labute approximate surface area is 132 Å². The Balaban J connectivity index is 2.07. The van der Waals surface area contributed by atoms with Crippen LogP contribution in [0.25, 0.3) is 0 Å². The average molecular weight is 303 g/mol. The average Bonchev–Trinajstić information content (AvgIpc) is 2.87. The molecule has 1 aromatic heterocycles. The van der Waals surface area contributed by atoms with Gasteiger partial charge in [0.05, 0.1) is 6.54 Å². The second-order valence-electron chi connectivity index (χ2n) is 5.41. The predicted molar refractivity (Wildman–Crippen MR) is 93.7 cm³/mol. The van der Waals surface area contributed by atoms with Gasteiger partial charge in [-0.05, 0) is 45.7 Å². The lowest BCUT2D eigenvalue weighted by atomic mass is 10.1. The lowest BCUT2D eigenvalue weighted by Gasteiger charge is -2.16. The smallest absolute Gasteiger partial charge is 0.185 e. The van der Waals surface area contributed by atoms with Crippen molar-refractivity contribution in [1.82, 2.24) is 4.98 Å². The fourth-order valence-corrected chi connectivity index (χ4v) is 3.63. The lowest BCUT2D eigenvalue weighted by molar-refractivity contribution is 0.860. The van der Waals surface area contributed by atoms with E-state index in [0.29, 0.717) is 0 Å². The molecular formula is C17H25N3S. The summed E-state index contributed by atoms with van der Waals surface area (Å²) in [5.74, 6) is 0. The summed E-state index contributed by atoms with van der Waals surface area (Å²) in [7, 11) is 0. The van der Waals surface area contributed by atoms with Crippen LogP contribution in [0.2, 0.25) is 0 Å². The van der Waals surface area contributed by atoms with Crippen LogP contribution in [0.1, 0.15) is 35.4 Å². The van der Waals surface area contributed by atoms with E-state index in [-0.39, 0.29) is 0 Å². The zero-order chi connectivity index (χ0) is 15.4. The summed E-state index contributed by atoms with van der Waals surface area (Å²) in [6.45, 7) is 13.7. The van der Waals surface area contributed by atoms with Crippen LogP contribution in [-0.2, 0) is 6.54 Å². The molecule has 2 rings (SSSR count). The highest BCUT2D eigenvalue weighted by Gasteiger charge is 2.09. The van der Waals surface area contributed by atoms with Crippen LogP contribution >= 0.6 is 11.3 Å². The maximum Gasteiger partial charge on any atom is 0.185 e. The molecule has 0 fully saturated rings. The van der Waals surface area contributed by atoms with E-state index >= 15 is 0 Å². The van der Waals surface area contributed by atoms with Gasteiger partial charge in [0.1, 0.15) is 0 Å². The number of nitrogens with zero attached hydrogens (tertiary/aromatic N) is 2. The molecule has 0 aliphatic rings. The van der Waals surface area contributed by atoms with Gasteiger partial charge in [-0.25, -0.2) is 4.98 Å². The van der Waals surface area contributed by atoms with Crippen LogP contribution in [0.15, 0.2) is 18.3 Å². The normalized spacial score (nSPS) is 10.7. The first-order chi connectivity index (χ1) is 10.0. The molecule has 0 bridgehead atoms. The maximum atomic E-state index is 4.53. The van der Waals surface area contributed by atoms with Crippen LogP contribution in [0.3, 0.4) is 0 Å². The lowest BCUT2D eigenvalue weighted by Crippen LogP contribution is -2.21. The monoisotopic (exact) mass is 303 g/mol. The van der Waals surface area contributed by atoms with Gasteiger partial charge in [0, 0.05) is 29.9 Å². The summed E-state index contributed by atoms with van der Waals surface area (Å²) in [6, 6.07) is 4.45. The predicted octanol–water partition coefficient (Wildman–Crippen LogP) is 4.53. The van der Waals surface area contributed by atoms with Crippen molar-refractivity contribution < 1.29 is 0 Å². The van der Waals surface area contributed by atoms with Crippen molar-refractivity contribution in [1.29, 1.82) is 0 Å². The van der Waals surface area contributed by atoms with Gasteiger partial charge in [-0.2, -0.15) is 0 Å². The fraction of sp³-hybridized carbons (Fsp3) is 0.471. The van der Waals surface area contributed by atoms with E-state index in [2.05, 4.69) is 62.0 Å². The van der Waals surface area contributed by atoms with E-state index in [1.807, 2.05) is 6.20 Å². The van der Waals surface area contributed by atoms with Crippen molar-refractivity contribution in [3.05, 3.63) is 39.9 Å². The molecule has 1 N–H and O–H groups in total. The van der Waals surface area contributed by atoms with Gasteiger partial charge in [0.15, 0.2) is 5.13 Å². The molecule has 0 saturated carbocycles. The van der Waals surface area contributed by atoms with Crippen molar-refractivity contribution in [2.24, 2.45) is 0 Å². The van der Waals surface area contributed by atoms with Crippen molar-refractivity contribution in [3.8, 4) is 0 Å². The second-order valence-corrected chi connectivity index (χ2v) is 6.50. The summed E-state index contributed by atoms with van der Waals surface area (Å²) in [4.78, 5) is 8.10. The molecule has 3 nitrogen and oxygen atoms in total. The number of aryl methyl sites for hydroxylation is 3. The molecule has 0 radical (unpaired) electrons. The highest BCUT2D eigenvalue weighted by atomic mass is 32.1. The van der Waals surface area contributed by atoms with Gasteiger partial charge in [-0.15, -0.1) is 11.3 Å². The second kappa shape index (κ2) is 6.94. The van der Waals surface area contributed by atoms with E-state index in [1.54, 1.807) is 11.3 Å². The number of anilines is 2. The summed E-state index contributed by atoms with van der Waals surface area (Å²) in [6.07, 6.45) is 1.99. The van der Waals surface area contributed by atoms with E-state index in [9.17, 15) is 0 Å². The summed E-state index contributed by atoms with van der Waals surface area (Å²) in [5.41, 5.74) is 5.18. The molecule has 21 heavy (non-hydrogen) atoms. The molecule has 0 aliphatic carbocycles. The third-order valence-corrected chi connectivity index (χ3v) is 4.75. The Bertz CT molecular complexity index is 577. The minimum atomic E-state index is 0.837. The van der Waals surface area contributed by atoms with E-state index in [4.69, 9.17) is 0 Å². The Morgan fingerprint density at radius 1 is 1.10 bits per heavy atom. The fourth-order valence-electron chi connectivity index (χ4n) is 2.65. The summed E-state index contributed by atoms with van der Waals surface area (Å²) >= 11 is 1.78. The Morgan fingerprint density at radius 2 is 1.71 bits per heavy atom. The first-order valence-electron chi connectivity index (χ1n) is 7.56. The quantitative estimate of drug-likeness (QED) is 0.850. The zero-order valence-corrected chi connectivity index (χ0v) is 14.5. The Hall–Kier alpha value is -1.55. The van der Waals surface area contributed by atoms with Gasteiger partial charge >= 0.3 is 0 Å². The zero-order valence-electron chi connectivity index (χ0n) is 13.7. The number of aromatic nitrogens is 1. The molecule has 4 heteroatoms. The highest BCUT2D eigenvalue weighted by Crippen LogP contribution is 2.26. The molecule has 0 spiro atoms. The van der Waals surface area contributed by atoms with Crippen molar-refractivity contribution in [3.63, 3.8) is 0 Å². The molecule has 2 aromatic rings. The number of nitrogens with one attached hydrogen (secondary N) is 1. The topological polar surface area (TPSA) is 28.2 Å². The van der Waals surface area contributed by atoms with E-state index in [0.717, 1.165) is 24.8 Å². The molecule has 0 aliphatic heterocycles. The SMILES string of the molecule is CCN(CC)c1ncc(CNc2c(C)cc(C)cc2C)s1.